The Bertz CT molecular complexity index is 635. The Kier molecular flexibility index (Phi) is 4.58. The van der Waals surface area contributed by atoms with Crippen LogP contribution in [0.15, 0.2) is 53.4 Å². The fraction of sp³-hybridized carbons (Fsp3) is 0. The normalized spacial score (nSPS) is 9.60. The van der Waals surface area contributed by atoms with Crippen molar-refractivity contribution in [2.75, 3.05) is 10.6 Å². The Morgan fingerprint density at radius 2 is 1.50 bits per heavy atom. The molecule has 6 heteroatoms. The van der Waals surface area contributed by atoms with Gasteiger partial charge in [0.2, 0.25) is 0 Å². The first-order chi connectivity index (χ1) is 9.67. The van der Waals surface area contributed by atoms with Crippen molar-refractivity contribution in [3.63, 3.8) is 0 Å². The standard InChI is InChI=1S/C14H10FN3OS/c15-10-1-3-11(4-2-10)17-14(19)18-12-5-7-13(8-6-12)20-9-16/h1-8H,(H2,17,18,19). The van der Waals surface area contributed by atoms with Crippen LogP contribution < -0.4 is 10.6 Å². The number of rotatable bonds is 3. The summed E-state index contributed by atoms with van der Waals surface area (Å²) in [5.74, 6) is -0.360. The van der Waals surface area contributed by atoms with E-state index < -0.39 is 6.03 Å². The van der Waals surface area contributed by atoms with Gasteiger partial charge in [-0.1, -0.05) is 0 Å². The molecule has 0 atom stereocenters. The quantitative estimate of drug-likeness (QED) is 0.661. The number of urea groups is 1. The number of thioether (sulfide) groups is 1. The van der Waals surface area contributed by atoms with Crippen LogP contribution in [0, 0.1) is 16.5 Å². The maximum atomic E-state index is 12.7. The molecule has 2 aromatic rings. The topological polar surface area (TPSA) is 64.9 Å². The molecular weight excluding hydrogens is 277 g/mol. The smallest absolute Gasteiger partial charge is 0.308 e. The zero-order valence-corrected chi connectivity index (χ0v) is 11.1. The number of halogens is 1. The summed E-state index contributed by atoms with van der Waals surface area (Å²) in [5, 5.41) is 15.7. The second-order valence-electron chi connectivity index (χ2n) is 3.80. The highest BCUT2D eigenvalue weighted by Gasteiger charge is 2.03. The van der Waals surface area contributed by atoms with Crippen molar-refractivity contribution in [1.82, 2.24) is 0 Å². The van der Waals surface area contributed by atoms with E-state index in [9.17, 15) is 9.18 Å². The minimum Gasteiger partial charge on any atom is -0.308 e. The molecule has 0 saturated carbocycles. The number of thiocyanates is 1. The van der Waals surface area contributed by atoms with E-state index in [-0.39, 0.29) is 5.82 Å². The highest BCUT2D eigenvalue weighted by Crippen LogP contribution is 2.19. The van der Waals surface area contributed by atoms with E-state index in [2.05, 4.69) is 10.6 Å². The average molecular weight is 287 g/mol. The summed E-state index contributed by atoms with van der Waals surface area (Å²) in [6.45, 7) is 0. The van der Waals surface area contributed by atoms with Crippen LogP contribution in [-0.2, 0) is 0 Å². The van der Waals surface area contributed by atoms with Gasteiger partial charge in [-0.15, -0.1) is 0 Å². The fourth-order valence-electron chi connectivity index (χ4n) is 1.49. The monoisotopic (exact) mass is 287 g/mol. The van der Waals surface area contributed by atoms with E-state index in [0.717, 1.165) is 16.7 Å². The number of carbonyl (C=O) groups is 1. The van der Waals surface area contributed by atoms with Crippen LogP contribution in [0.2, 0.25) is 0 Å². The van der Waals surface area contributed by atoms with Crippen LogP contribution in [0.1, 0.15) is 0 Å². The molecule has 0 fully saturated rings. The third kappa shape index (κ3) is 4.00. The predicted octanol–water partition coefficient (Wildman–Crippen LogP) is 4.04. The summed E-state index contributed by atoms with van der Waals surface area (Å²) in [7, 11) is 0. The van der Waals surface area contributed by atoms with Crippen LogP contribution in [0.4, 0.5) is 20.6 Å². The van der Waals surface area contributed by atoms with E-state index in [0.29, 0.717) is 11.4 Å². The third-order valence-electron chi connectivity index (χ3n) is 2.38. The van der Waals surface area contributed by atoms with E-state index in [1.807, 2.05) is 5.40 Å². The molecule has 100 valence electrons. The molecule has 0 heterocycles. The Morgan fingerprint density at radius 3 is 2.00 bits per heavy atom. The number of anilines is 2. The molecule has 0 spiro atoms. The second-order valence-corrected chi connectivity index (χ2v) is 4.66. The van der Waals surface area contributed by atoms with Crippen LogP contribution in [0.25, 0.3) is 0 Å². The molecular formula is C14H10FN3OS. The molecule has 0 aliphatic rings. The maximum absolute atomic E-state index is 12.7. The molecule has 0 aromatic heterocycles. The number of nitrogens with one attached hydrogen (secondary N) is 2. The van der Waals surface area contributed by atoms with Gasteiger partial charge in [-0.25, -0.2) is 9.18 Å². The van der Waals surface area contributed by atoms with Gasteiger partial charge < -0.3 is 10.6 Å². The number of nitriles is 1. The van der Waals surface area contributed by atoms with Gasteiger partial charge in [-0.3, -0.25) is 0 Å². The molecule has 2 N–H and O–H groups in total. The summed E-state index contributed by atoms with van der Waals surface area (Å²) in [6.07, 6.45) is 0. The van der Waals surface area contributed by atoms with Gasteiger partial charge in [0.15, 0.2) is 0 Å². The first-order valence-electron chi connectivity index (χ1n) is 5.67. The SMILES string of the molecule is N#CSc1ccc(NC(=O)Nc2ccc(F)cc2)cc1. The molecule has 0 unspecified atom stereocenters. The summed E-state index contributed by atoms with van der Waals surface area (Å²) >= 11 is 1.05. The largest absolute Gasteiger partial charge is 0.323 e. The van der Waals surface area contributed by atoms with Gasteiger partial charge in [0.05, 0.1) is 0 Å². The Labute approximate surface area is 119 Å². The molecule has 2 rings (SSSR count). The summed E-state index contributed by atoms with van der Waals surface area (Å²) in [5.41, 5.74) is 1.10. The molecule has 2 aromatic carbocycles. The van der Waals surface area contributed by atoms with E-state index >= 15 is 0 Å². The molecule has 0 saturated heterocycles. The van der Waals surface area contributed by atoms with Crippen LogP contribution in [0.3, 0.4) is 0 Å². The summed E-state index contributed by atoms with van der Waals surface area (Å²) in [6, 6.07) is 11.9. The minimum absolute atomic E-state index is 0.360. The Morgan fingerprint density at radius 1 is 1.00 bits per heavy atom. The first-order valence-corrected chi connectivity index (χ1v) is 6.48. The molecule has 0 aliphatic carbocycles. The number of amides is 2. The highest BCUT2D eigenvalue weighted by molar-refractivity contribution is 8.03. The lowest BCUT2D eigenvalue weighted by atomic mass is 10.3. The van der Waals surface area contributed by atoms with Crippen molar-refractivity contribution in [3.05, 3.63) is 54.3 Å². The van der Waals surface area contributed by atoms with Crippen molar-refractivity contribution in [3.8, 4) is 5.40 Å². The van der Waals surface area contributed by atoms with Crippen molar-refractivity contribution >= 4 is 29.2 Å². The van der Waals surface area contributed by atoms with Gasteiger partial charge in [0.25, 0.3) is 0 Å². The van der Waals surface area contributed by atoms with Gasteiger partial charge >= 0.3 is 6.03 Å². The van der Waals surface area contributed by atoms with Crippen LogP contribution in [0.5, 0.6) is 0 Å². The zero-order chi connectivity index (χ0) is 14.4. The van der Waals surface area contributed by atoms with Crippen molar-refractivity contribution in [2.24, 2.45) is 0 Å². The molecule has 20 heavy (non-hydrogen) atoms. The number of hydrogen-bond acceptors (Lipinski definition) is 3. The molecule has 0 aliphatic heterocycles. The van der Waals surface area contributed by atoms with Crippen LogP contribution >= 0.6 is 11.8 Å². The Balaban J connectivity index is 1.94. The van der Waals surface area contributed by atoms with Crippen LogP contribution in [-0.4, -0.2) is 6.03 Å². The van der Waals surface area contributed by atoms with E-state index in [1.165, 1.54) is 24.3 Å². The number of carbonyl (C=O) groups excluding carboxylic acids is 1. The Hall–Kier alpha value is -2.52. The molecule has 2 amide bonds. The van der Waals surface area contributed by atoms with E-state index in [4.69, 9.17) is 5.26 Å². The minimum atomic E-state index is -0.419. The number of nitrogens with zero attached hydrogens (tertiary/aromatic N) is 1. The van der Waals surface area contributed by atoms with Gasteiger partial charge in [-0.2, -0.15) is 5.26 Å². The molecule has 4 nitrogen and oxygen atoms in total. The average Bonchev–Trinajstić information content (AvgIpc) is 2.44. The lowest BCUT2D eigenvalue weighted by Gasteiger charge is -2.07. The third-order valence-corrected chi connectivity index (χ3v) is 2.98. The van der Waals surface area contributed by atoms with Gasteiger partial charge in [-0.05, 0) is 60.3 Å². The van der Waals surface area contributed by atoms with Crippen molar-refractivity contribution in [2.45, 2.75) is 4.90 Å². The van der Waals surface area contributed by atoms with Gasteiger partial charge in [0.1, 0.15) is 11.2 Å². The number of benzene rings is 2. The van der Waals surface area contributed by atoms with Crippen molar-refractivity contribution in [1.29, 1.82) is 5.26 Å². The molecule has 0 bridgehead atoms. The number of hydrogen-bond donors (Lipinski definition) is 2. The second kappa shape index (κ2) is 6.59. The molecule has 0 radical (unpaired) electrons. The lowest BCUT2D eigenvalue weighted by molar-refractivity contribution is 0.262. The van der Waals surface area contributed by atoms with Gasteiger partial charge in [0, 0.05) is 16.3 Å². The predicted molar refractivity (Wildman–Crippen MR) is 77.0 cm³/mol. The van der Waals surface area contributed by atoms with Crippen molar-refractivity contribution < 1.29 is 9.18 Å². The summed E-state index contributed by atoms with van der Waals surface area (Å²) < 4.78 is 12.7. The zero-order valence-electron chi connectivity index (χ0n) is 10.3. The summed E-state index contributed by atoms with van der Waals surface area (Å²) in [4.78, 5) is 12.5. The van der Waals surface area contributed by atoms with E-state index in [1.54, 1.807) is 24.3 Å². The maximum Gasteiger partial charge on any atom is 0.323 e. The lowest BCUT2D eigenvalue weighted by Crippen LogP contribution is -2.19. The fourth-order valence-corrected chi connectivity index (χ4v) is 1.86. The first kappa shape index (κ1) is 13.9. The highest BCUT2D eigenvalue weighted by atomic mass is 32.2.